The van der Waals surface area contributed by atoms with E-state index >= 15 is 0 Å². The molecule has 2 aromatic carbocycles. The maximum atomic E-state index is 12.5. The number of imide groups is 1. The highest BCUT2D eigenvalue weighted by Gasteiger charge is 2.34. The number of carbonyl (C=O) groups excluding carboxylic acids is 3. The summed E-state index contributed by atoms with van der Waals surface area (Å²) in [7, 11) is 0. The second kappa shape index (κ2) is 8.32. The van der Waals surface area contributed by atoms with Crippen LogP contribution >= 0.6 is 0 Å². The van der Waals surface area contributed by atoms with Crippen LogP contribution in [0.1, 0.15) is 44.7 Å². The summed E-state index contributed by atoms with van der Waals surface area (Å²) in [6.45, 7) is 2.73. The van der Waals surface area contributed by atoms with Crippen molar-refractivity contribution < 1.29 is 14.4 Å². The van der Waals surface area contributed by atoms with Gasteiger partial charge in [-0.15, -0.1) is 0 Å². The standard InChI is InChI=1S/C23H22N4O3/c1-16-8-9-19-20(13-16)23(30)27(22(19)29)12-3-7-21(28)25-18-6-2-5-17(14-18)15-26-11-4-10-24-26/h2,4-6,8-11,13-14H,3,7,12,15H2,1H3,(H,25,28). The van der Waals surface area contributed by atoms with Crippen LogP contribution in [0.3, 0.4) is 0 Å². The normalized spacial score (nSPS) is 12.9. The molecule has 0 bridgehead atoms. The van der Waals surface area contributed by atoms with E-state index in [9.17, 15) is 14.4 Å². The summed E-state index contributed by atoms with van der Waals surface area (Å²) in [4.78, 5) is 38.5. The molecule has 2 heterocycles. The highest BCUT2D eigenvalue weighted by atomic mass is 16.2. The lowest BCUT2D eigenvalue weighted by atomic mass is 10.1. The molecular weight excluding hydrogens is 380 g/mol. The fourth-order valence-corrected chi connectivity index (χ4v) is 3.56. The first-order chi connectivity index (χ1) is 14.5. The third-order valence-electron chi connectivity index (χ3n) is 5.03. The fourth-order valence-electron chi connectivity index (χ4n) is 3.56. The van der Waals surface area contributed by atoms with Crippen molar-refractivity contribution in [3.8, 4) is 0 Å². The van der Waals surface area contributed by atoms with E-state index in [4.69, 9.17) is 0 Å². The minimum absolute atomic E-state index is 0.154. The van der Waals surface area contributed by atoms with Crippen LogP contribution in [0.2, 0.25) is 0 Å². The summed E-state index contributed by atoms with van der Waals surface area (Å²) in [6, 6.07) is 14.7. The molecule has 0 aliphatic carbocycles. The van der Waals surface area contributed by atoms with Crippen molar-refractivity contribution in [1.82, 2.24) is 14.7 Å². The SMILES string of the molecule is Cc1ccc2c(c1)C(=O)N(CCCC(=O)Nc1cccc(Cn3cccn3)c1)C2=O. The predicted molar refractivity (Wildman–Crippen MR) is 112 cm³/mol. The largest absolute Gasteiger partial charge is 0.326 e. The predicted octanol–water partition coefficient (Wildman–Crippen LogP) is 3.25. The van der Waals surface area contributed by atoms with Gasteiger partial charge in [0.2, 0.25) is 5.91 Å². The number of hydrogen-bond donors (Lipinski definition) is 1. The van der Waals surface area contributed by atoms with E-state index in [1.165, 1.54) is 4.90 Å². The molecule has 0 atom stereocenters. The van der Waals surface area contributed by atoms with Gasteiger partial charge in [-0.2, -0.15) is 5.10 Å². The lowest BCUT2D eigenvalue weighted by Gasteiger charge is -2.13. The van der Waals surface area contributed by atoms with Gasteiger partial charge in [0.05, 0.1) is 17.7 Å². The summed E-state index contributed by atoms with van der Waals surface area (Å²) >= 11 is 0. The Morgan fingerprint density at radius 1 is 1.03 bits per heavy atom. The number of aryl methyl sites for hydroxylation is 1. The maximum Gasteiger partial charge on any atom is 0.261 e. The highest BCUT2D eigenvalue weighted by Crippen LogP contribution is 2.24. The molecule has 0 radical (unpaired) electrons. The summed E-state index contributed by atoms with van der Waals surface area (Å²) in [5.74, 6) is -0.731. The number of rotatable bonds is 7. The van der Waals surface area contributed by atoms with Crippen LogP contribution in [0.5, 0.6) is 0 Å². The molecule has 1 aliphatic heterocycles. The van der Waals surface area contributed by atoms with Gasteiger partial charge in [0.1, 0.15) is 0 Å². The highest BCUT2D eigenvalue weighted by molar-refractivity contribution is 6.21. The summed E-state index contributed by atoms with van der Waals surface area (Å²) < 4.78 is 1.81. The molecule has 0 saturated carbocycles. The molecule has 0 saturated heterocycles. The second-order valence-corrected chi connectivity index (χ2v) is 7.37. The van der Waals surface area contributed by atoms with Crippen molar-refractivity contribution in [2.75, 3.05) is 11.9 Å². The Hall–Kier alpha value is -3.74. The summed E-state index contributed by atoms with van der Waals surface area (Å²) in [5.41, 5.74) is 3.55. The zero-order valence-electron chi connectivity index (χ0n) is 16.7. The molecule has 4 rings (SSSR count). The van der Waals surface area contributed by atoms with E-state index in [0.717, 1.165) is 11.1 Å². The summed E-state index contributed by atoms with van der Waals surface area (Å²) in [6.07, 6.45) is 4.23. The van der Waals surface area contributed by atoms with Gasteiger partial charge >= 0.3 is 0 Å². The number of benzene rings is 2. The quantitative estimate of drug-likeness (QED) is 0.615. The van der Waals surface area contributed by atoms with Crippen LogP contribution in [0.25, 0.3) is 0 Å². The molecule has 3 amide bonds. The maximum absolute atomic E-state index is 12.5. The fraction of sp³-hybridized carbons (Fsp3) is 0.217. The van der Waals surface area contributed by atoms with Crippen LogP contribution < -0.4 is 5.32 Å². The first-order valence-electron chi connectivity index (χ1n) is 9.84. The summed E-state index contributed by atoms with van der Waals surface area (Å²) in [5, 5.41) is 7.06. The number of amides is 3. The van der Waals surface area contributed by atoms with Crippen LogP contribution in [0.15, 0.2) is 60.9 Å². The topological polar surface area (TPSA) is 84.3 Å². The van der Waals surface area contributed by atoms with Gasteiger partial charge in [-0.25, -0.2) is 0 Å². The minimum Gasteiger partial charge on any atom is -0.326 e. The molecule has 7 nitrogen and oxygen atoms in total. The van der Waals surface area contributed by atoms with Gasteiger partial charge in [-0.3, -0.25) is 24.0 Å². The van der Waals surface area contributed by atoms with Crippen LogP contribution in [0.4, 0.5) is 5.69 Å². The Morgan fingerprint density at radius 2 is 1.87 bits per heavy atom. The first-order valence-corrected chi connectivity index (χ1v) is 9.84. The smallest absolute Gasteiger partial charge is 0.261 e. The molecule has 7 heteroatoms. The number of nitrogens with one attached hydrogen (secondary N) is 1. The van der Waals surface area contributed by atoms with E-state index in [-0.39, 0.29) is 30.7 Å². The number of anilines is 1. The number of carbonyl (C=O) groups is 3. The molecule has 0 unspecified atom stereocenters. The van der Waals surface area contributed by atoms with E-state index in [0.29, 0.717) is 29.8 Å². The van der Waals surface area contributed by atoms with E-state index in [2.05, 4.69) is 10.4 Å². The minimum atomic E-state index is -0.290. The molecule has 30 heavy (non-hydrogen) atoms. The van der Waals surface area contributed by atoms with E-state index in [1.54, 1.807) is 18.3 Å². The monoisotopic (exact) mass is 402 g/mol. The van der Waals surface area contributed by atoms with E-state index < -0.39 is 0 Å². The Balaban J connectivity index is 1.30. The molecule has 0 spiro atoms. The number of aromatic nitrogens is 2. The van der Waals surface area contributed by atoms with Gasteiger partial charge in [0.15, 0.2) is 0 Å². The van der Waals surface area contributed by atoms with Crippen molar-refractivity contribution in [3.05, 3.63) is 83.2 Å². The first kappa shape index (κ1) is 19.6. The second-order valence-electron chi connectivity index (χ2n) is 7.37. The third-order valence-corrected chi connectivity index (χ3v) is 5.03. The molecule has 1 aromatic heterocycles. The molecule has 0 fully saturated rings. The van der Waals surface area contributed by atoms with Crippen molar-refractivity contribution in [2.45, 2.75) is 26.3 Å². The van der Waals surface area contributed by atoms with Gasteiger partial charge in [0.25, 0.3) is 11.8 Å². The Labute approximate surface area is 174 Å². The van der Waals surface area contributed by atoms with Crippen LogP contribution in [0, 0.1) is 6.92 Å². The van der Waals surface area contributed by atoms with Gasteiger partial charge in [0, 0.05) is 31.0 Å². The van der Waals surface area contributed by atoms with Crippen molar-refractivity contribution >= 4 is 23.4 Å². The van der Waals surface area contributed by atoms with Crippen molar-refractivity contribution in [3.63, 3.8) is 0 Å². The average molecular weight is 402 g/mol. The lowest BCUT2D eigenvalue weighted by molar-refractivity contribution is -0.116. The Morgan fingerprint density at radius 3 is 2.67 bits per heavy atom. The van der Waals surface area contributed by atoms with Gasteiger partial charge < -0.3 is 5.32 Å². The van der Waals surface area contributed by atoms with Crippen LogP contribution in [-0.4, -0.2) is 38.9 Å². The number of hydrogen-bond acceptors (Lipinski definition) is 4. The lowest BCUT2D eigenvalue weighted by Crippen LogP contribution is -2.31. The van der Waals surface area contributed by atoms with Crippen molar-refractivity contribution in [1.29, 1.82) is 0 Å². The van der Waals surface area contributed by atoms with Gasteiger partial charge in [-0.05, 0) is 49.2 Å². The molecule has 3 aromatic rings. The molecule has 1 aliphatic rings. The molecule has 1 N–H and O–H groups in total. The third kappa shape index (κ3) is 4.15. The Kier molecular flexibility index (Phi) is 5.43. The Bertz CT molecular complexity index is 1110. The van der Waals surface area contributed by atoms with Crippen molar-refractivity contribution in [2.24, 2.45) is 0 Å². The average Bonchev–Trinajstić information content (AvgIpc) is 3.30. The molecular formula is C23H22N4O3. The van der Waals surface area contributed by atoms with Crippen LogP contribution in [-0.2, 0) is 11.3 Å². The van der Waals surface area contributed by atoms with E-state index in [1.807, 2.05) is 54.2 Å². The number of nitrogens with zero attached hydrogens (tertiary/aromatic N) is 3. The zero-order valence-corrected chi connectivity index (χ0v) is 16.7. The molecule has 152 valence electrons. The van der Waals surface area contributed by atoms with Gasteiger partial charge in [-0.1, -0.05) is 23.8 Å². The zero-order chi connectivity index (χ0) is 21.1. The number of fused-ring (bicyclic) bond motifs is 1.